The third kappa shape index (κ3) is 5.35. The van der Waals surface area contributed by atoms with E-state index in [1.165, 1.54) is 32.6 Å². The summed E-state index contributed by atoms with van der Waals surface area (Å²) in [6, 6.07) is 11.1. The fourth-order valence-electron chi connectivity index (χ4n) is 2.63. The van der Waals surface area contributed by atoms with E-state index in [1.54, 1.807) is 24.3 Å². The standard InChI is InChI=1S/C20H19F3N2O4/c1-4-24-29-18(13-8-7-9-14(12-13)20(21,22)23)16-11-6-5-10-15(16)17(25-28-3)19(26)27-2/h4-12,18,24H,1H2,2-3H3. The number of ether oxygens (including phenoxy) is 1. The number of rotatable bonds is 8. The number of hydrogen-bond donors (Lipinski definition) is 1. The summed E-state index contributed by atoms with van der Waals surface area (Å²) in [5, 5.41) is 3.70. The van der Waals surface area contributed by atoms with Crippen molar-refractivity contribution in [2.45, 2.75) is 12.3 Å². The molecule has 154 valence electrons. The molecule has 1 N–H and O–H groups in total. The summed E-state index contributed by atoms with van der Waals surface area (Å²) in [4.78, 5) is 22.4. The Labute approximate surface area is 165 Å². The number of hydrogen-bond acceptors (Lipinski definition) is 6. The largest absolute Gasteiger partial charge is 0.464 e. The zero-order valence-electron chi connectivity index (χ0n) is 15.7. The van der Waals surface area contributed by atoms with E-state index in [2.05, 4.69) is 17.2 Å². The Bertz CT molecular complexity index is 897. The number of nitrogens with one attached hydrogen (secondary N) is 1. The second-order valence-electron chi connectivity index (χ2n) is 5.64. The lowest BCUT2D eigenvalue weighted by molar-refractivity contribution is -0.137. The van der Waals surface area contributed by atoms with Crippen LogP contribution >= 0.6 is 0 Å². The number of nitrogens with zero attached hydrogens (tertiary/aromatic N) is 1. The predicted octanol–water partition coefficient (Wildman–Crippen LogP) is 3.98. The molecule has 0 saturated heterocycles. The first kappa shape index (κ1) is 22.0. The second kappa shape index (κ2) is 9.74. The van der Waals surface area contributed by atoms with E-state index in [9.17, 15) is 18.0 Å². The normalized spacial score (nSPS) is 12.8. The summed E-state index contributed by atoms with van der Waals surface area (Å²) in [7, 11) is 2.43. The Kier molecular flexibility index (Phi) is 7.38. The van der Waals surface area contributed by atoms with E-state index in [0.717, 1.165) is 12.1 Å². The molecule has 2 aromatic rings. The summed E-state index contributed by atoms with van der Waals surface area (Å²) in [5.41, 5.74) is 2.28. The Morgan fingerprint density at radius 1 is 1.17 bits per heavy atom. The number of alkyl halides is 3. The Morgan fingerprint density at radius 2 is 1.90 bits per heavy atom. The van der Waals surface area contributed by atoms with Crippen molar-refractivity contribution < 1.29 is 32.4 Å². The average Bonchev–Trinajstić information content (AvgIpc) is 2.72. The van der Waals surface area contributed by atoms with Crippen molar-refractivity contribution in [1.82, 2.24) is 5.48 Å². The first-order valence-corrected chi connectivity index (χ1v) is 8.31. The monoisotopic (exact) mass is 408 g/mol. The van der Waals surface area contributed by atoms with Gasteiger partial charge < -0.3 is 9.57 Å². The first-order chi connectivity index (χ1) is 13.8. The zero-order valence-corrected chi connectivity index (χ0v) is 15.7. The van der Waals surface area contributed by atoms with Crippen LogP contribution in [-0.4, -0.2) is 25.9 Å². The van der Waals surface area contributed by atoms with Crippen LogP contribution in [0.3, 0.4) is 0 Å². The maximum Gasteiger partial charge on any atom is 0.416 e. The number of halogens is 3. The molecule has 29 heavy (non-hydrogen) atoms. The van der Waals surface area contributed by atoms with Crippen LogP contribution in [0, 0.1) is 0 Å². The van der Waals surface area contributed by atoms with Crippen LogP contribution in [0.5, 0.6) is 0 Å². The summed E-state index contributed by atoms with van der Waals surface area (Å²) in [6.45, 7) is 3.47. The molecule has 0 amide bonds. The summed E-state index contributed by atoms with van der Waals surface area (Å²) in [5.74, 6) is -0.779. The number of hydroxylamine groups is 1. The molecule has 9 heteroatoms. The average molecular weight is 408 g/mol. The Balaban J connectivity index is 2.65. The highest BCUT2D eigenvalue weighted by atomic mass is 19.4. The van der Waals surface area contributed by atoms with Gasteiger partial charge in [0.2, 0.25) is 0 Å². The SMILES string of the molecule is C=CNOC(c1cccc(C(F)(F)F)c1)c1ccccc1C(=NOC)C(=O)OC. The number of benzene rings is 2. The molecule has 0 fully saturated rings. The maximum absolute atomic E-state index is 13.2. The van der Waals surface area contributed by atoms with Crippen molar-refractivity contribution in [3.8, 4) is 0 Å². The molecule has 0 radical (unpaired) electrons. The fourth-order valence-corrected chi connectivity index (χ4v) is 2.63. The molecule has 2 aromatic carbocycles. The third-order valence-corrected chi connectivity index (χ3v) is 3.85. The third-order valence-electron chi connectivity index (χ3n) is 3.85. The van der Waals surface area contributed by atoms with E-state index < -0.39 is 23.8 Å². The molecule has 2 rings (SSSR count). The van der Waals surface area contributed by atoms with Gasteiger partial charge in [0.15, 0.2) is 5.71 Å². The van der Waals surface area contributed by atoms with E-state index >= 15 is 0 Å². The summed E-state index contributed by atoms with van der Waals surface area (Å²) < 4.78 is 44.3. The molecule has 0 bridgehead atoms. The molecule has 0 aliphatic carbocycles. The maximum atomic E-state index is 13.2. The second-order valence-corrected chi connectivity index (χ2v) is 5.64. The highest BCUT2D eigenvalue weighted by molar-refractivity contribution is 6.43. The lowest BCUT2D eigenvalue weighted by Crippen LogP contribution is -2.23. The van der Waals surface area contributed by atoms with Gasteiger partial charge in [-0.3, -0.25) is 10.3 Å². The molecule has 6 nitrogen and oxygen atoms in total. The van der Waals surface area contributed by atoms with Crippen LogP contribution in [0.25, 0.3) is 0 Å². The van der Waals surface area contributed by atoms with E-state index in [-0.39, 0.29) is 16.8 Å². The van der Waals surface area contributed by atoms with Crippen LogP contribution < -0.4 is 5.48 Å². The highest BCUT2D eigenvalue weighted by Crippen LogP contribution is 2.34. The van der Waals surface area contributed by atoms with E-state index in [1.807, 2.05) is 0 Å². The molecule has 0 aliphatic heterocycles. The van der Waals surface area contributed by atoms with Gasteiger partial charge in [-0.1, -0.05) is 48.1 Å². The lowest BCUT2D eigenvalue weighted by atomic mass is 9.93. The quantitative estimate of drug-likeness (QED) is 0.407. The molecular formula is C20H19F3N2O4. The molecule has 0 heterocycles. The van der Waals surface area contributed by atoms with Gasteiger partial charge in [0.25, 0.3) is 0 Å². The molecule has 1 atom stereocenters. The van der Waals surface area contributed by atoms with Crippen LogP contribution in [0.4, 0.5) is 13.2 Å². The fraction of sp³-hybridized carbons (Fsp3) is 0.200. The molecule has 0 spiro atoms. The van der Waals surface area contributed by atoms with Crippen LogP contribution in [0.1, 0.15) is 28.4 Å². The summed E-state index contributed by atoms with van der Waals surface area (Å²) >= 11 is 0. The number of carbonyl (C=O) groups excluding carboxylic acids is 1. The topological polar surface area (TPSA) is 69.1 Å². The minimum atomic E-state index is -4.53. The number of oxime groups is 1. The zero-order chi connectivity index (χ0) is 21.4. The van der Waals surface area contributed by atoms with Gasteiger partial charge in [-0.2, -0.15) is 13.2 Å². The van der Waals surface area contributed by atoms with Crippen molar-refractivity contribution in [1.29, 1.82) is 0 Å². The van der Waals surface area contributed by atoms with Crippen molar-refractivity contribution in [2.24, 2.45) is 5.16 Å². The van der Waals surface area contributed by atoms with Gasteiger partial charge >= 0.3 is 12.1 Å². The van der Waals surface area contributed by atoms with Crippen molar-refractivity contribution in [3.63, 3.8) is 0 Å². The summed E-state index contributed by atoms with van der Waals surface area (Å²) in [6.07, 6.45) is -4.33. The van der Waals surface area contributed by atoms with Gasteiger partial charge in [0, 0.05) is 11.8 Å². The lowest BCUT2D eigenvalue weighted by Gasteiger charge is -2.22. The Hall–Kier alpha value is -3.33. The van der Waals surface area contributed by atoms with Crippen LogP contribution in [0.15, 0.2) is 66.5 Å². The molecular weight excluding hydrogens is 389 g/mol. The van der Waals surface area contributed by atoms with Gasteiger partial charge in [-0.25, -0.2) is 4.79 Å². The Morgan fingerprint density at radius 3 is 2.52 bits per heavy atom. The van der Waals surface area contributed by atoms with Crippen LogP contribution in [-0.2, 0) is 25.4 Å². The molecule has 1 unspecified atom stereocenters. The predicted molar refractivity (Wildman–Crippen MR) is 99.7 cm³/mol. The smallest absolute Gasteiger partial charge is 0.416 e. The highest BCUT2D eigenvalue weighted by Gasteiger charge is 2.32. The minimum Gasteiger partial charge on any atom is -0.464 e. The van der Waals surface area contributed by atoms with E-state index in [0.29, 0.717) is 5.56 Å². The van der Waals surface area contributed by atoms with Crippen molar-refractivity contribution >= 4 is 11.7 Å². The van der Waals surface area contributed by atoms with Gasteiger partial charge in [-0.05, 0) is 23.3 Å². The van der Waals surface area contributed by atoms with Gasteiger partial charge in [0.1, 0.15) is 13.2 Å². The first-order valence-electron chi connectivity index (χ1n) is 8.31. The van der Waals surface area contributed by atoms with Gasteiger partial charge in [-0.15, -0.1) is 0 Å². The minimum absolute atomic E-state index is 0.162. The van der Waals surface area contributed by atoms with Crippen molar-refractivity contribution in [3.05, 3.63) is 83.6 Å². The number of carbonyl (C=O) groups is 1. The number of esters is 1. The van der Waals surface area contributed by atoms with Gasteiger partial charge in [0.05, 0.1) is 12.7 Å². The van der Waals surface area contributed by atoms with Crippen LogP contribution in [0.2, 0.25) is 0 Å². The van der Waals surface area contributed by atoms with E-state index in [4.69, 9.17) is 14.4 Å². The molecule has 0 aliphatic rings. The number of methoxy groups -OCH3 is 1. The van der Waals surface area contributed by atoms with Crippen molar-refractivity contribution in [2.75, 3.05) is 14.2 Å². The molecule has 0 saturated carbocycles. The molecule has 0 aromatic heterocycles.